The van der Waals surface area contributed by atoms with Crippen molar-refractivity contribution in [2.75, 3.05) is 6.61 Å². The van der Waals surface area contributed by atoms with Crippen molar-refractivity contribution in [3.8, 4) is 0 Å². The third-order valence-corrected chi connectivity index (χ3v) is 5.26. The predicted octanol–water partition coefficient (Wildman–Crippen LogP) is -8.07. The van der Waals surface area contributed by atoms with E-state index in [0.717, 1.165) is 0 Å². The highest BCUT2D eigenvalue weighted by Crippen LogP contribution is 2.56. The van der Waals surface area contributed by atoms with E-state index < -0.39 is 60.3 Å². The summed E-state index contributed by atoms with van der Waals surface area (Å²) in [6.07, 6.45) is -7.87. The van der Waals surface area contributed by atoms with E-state index in [4.69, 9.17) is 15.2 Å². The maximum atomic E-state index is 12.5. The minimum atomic E-state index is -2.75. The third kappa shape index (κ3) is 1.28. The number of hydrogen-bond acceptors (Lipinski definition) is 10. The quantitative estimate of drug-likeness (QED) is 0.230. The lowest BCUT2D eigenvalue weighted by molar-refractivity contribution is -0.719. The van der Waals surface area contributed by atoms with Gasteiger partial charge in [0.15, 0.2) is 11.8 Å². The van der Waals surface area contributed by atoms with Crippen LogP contribution in [-0.2, 0) is 9.47 Å². The number of nitrogens with one attached hydrogen (secondary N) is 2. The number of aliphatic hydroxyl groups excluding tert-OH is 4. The fraction of sp³-hybridized carbons (Fsp3) is 0.909. The van der Waals surface area contributed by atoms with Gasteiger partial charge in [-0.3, -0.25) is 16.0 Å². The summed E-state index contributed by atoms with van der Waals surface area (Å²) in [7, 11) is 0. The number of guanidine groups is 1. The summed E-state index contributed by atoms with van der Waals surface area (Å²) in [6.45, 7) is -0.871. The Morgan fingerprint density at radius 3 is 2.55 bits per heavy atom. The molecule has 0 aromatic carbocycles. The minimum absolute atomic E-state index is 0.153. The Hall–Kier alpha value is -1.05. The van der Waals surface area contributed by atoms with Crippen molar-refractivity contribution in [2.24, 2.45) is 11.7 Å². The molecule has 4 bridgehead atoms. The summed E-state index contributed by atoms with van der Waals surface area (Å²) in [5.41, 5.74) is 1.72. The van der Waals surface area contributed by atoms with Crippen molar-refractivity contribution in [1.29, 1.82) is 0 Å². The first-order valence-corrected chi connectivity index (χ1v) is 6.81. The molecule has 0 aromatic heterocycles. The Morgan fingerprint density at radius 1 is 1.27 bits per heavy atom. The van der Waals surface area contributed by atoms with Gasteiger partial charge in [0.1, 0.15) is 36.0 Å². The SMILES string of the molecule is NC1=[NH+]C(O)C2C3OC4([O-])OC(C(O)C2(N1)C4O)C3(O)CO. The molecule has 9 atom stereocenters. The lowest BCUT2D eigenvalue weighted by Gasteiger charge is -2.73. The molecule has 0 radical (unpaired) electrons. The van der Waals surface area contributed by atoms with E-state index in [2.05, 4.69) is 10.3 Å². The highest BCUT2D eigenvalue weighted by atomic mass is 16.9. The van der Waals surface area contributed by atoms with Gasteiger partial charge in [-0.1, -0.05) is 0 Å². The van der Waals surface area contributed by atoms with Gasteiger partial charge in [-0.05, 0) is 0 Å². The van der Waals surface area contributed by atoms with Crippen molar-refractivity contribution in [2.45, 2.75) is 47.8 Å². The van der Waals surface area contributed by atoms with Crippen molar-refractivity contribution in [3.05, 3.63) is 0 Å². The fourth-order valence-corrected chi connectivity index (χ4v) is 4.28. The monoisotopic (exact) mass is 319 g/mol. The topological polar surface area (TPSA) is 195 Å². The van der Waals surface area contributed by atoms with Crippen LogP contribution in [0.2, 0.25) is 0 Å². The normalized spacial score (nSPS) is 62.4. The first-order chi connectivity index (χ1) is 10.2. The van der Waals surface area contributed by atoms with Gasteiger partial charge in [0, 0.05) is 0 Å². The van der Waals surface area contributed by atoms with Gasteiger partial charge in [0.2, 0.25) is 0 Å². The van der Waals surface area contributed by atoms with Crippen LogP contribution in [0.4, 0.5) is 0 Å². The van der Waals surface area contributed by atoms with Gasteiger partial charge < -0.3 is 40.1 Å². The first-order valence-electron chi connectivity index (χ1n) is 6.81. The van der Waals surface area contributed by atoms with E-state index in [1.807, 2.05) is 0 Å². The van der Waals surface area contributed by atoms with Crippen molar-refractivity contribution in [3.63, 3.8) is 0 Å². The summed E-state index contributed by atoms with van der Waals surface area (Å²) >= 11 is 0. The van der Waals surface area contributed by atoms with Crippen molar-refractivity contribution >= 4 is 5.96 Å². The van der Waals surface area contributed by atoms with Gasteiger partial charge in [-0.2, -0.15) is 0 Å². The Bertz CT molecular complexity index is 561. The molecule has 5 rings (SSSR count). The van der Waals surface area contributed by atoms with E-state index in [0.29, 0.717) is 0 Å². The number of rotatable bonds is 1. The number of hydrogen-bond donors (Lipinski definition) is 8. The molecule has 1 spiro atoms. The molecule has 9 unspecified atom stereocenters. The van der Waals surface area contributed by atoms with Crippen LogP contribution in [0.1, 0.15) is 0 Å². The van der Waals surface area contributed by atoms with Crippen LogP contribution in [0.3, 0.4) is 0 Å². The zero-order chi connectivity index (χ0) is 16.1. The Labute approximate surface area is 123 Å². The van der Waals surface area contributed by atoms with Crippen LogP contribution in [0.15, 0.2) is 0 Å². The summed E-state index contributed by atoms with van der Waals surface area (Å²) in [4.78, 5) is 2.45. The highest BCUT2D eigenvalue weighted by Gasteiger charge is 2.81. The van der Waals surface area contributed by atoms with E-state index in [1.165, 1.54) is 0 Å². The summed E-state index contributed by atoms with van der Waals surface area (Å²) in [5.74, 6) is -4.07. The van der Waals surface area contributed by atoms with Crippen LogP contribution in [0.5, 0.6) is 0 Å². The van der Waals surface area contributed by atoms with E-state index in [-0.39, 0.29) is 5.96 Å². The van der Waals surface area contributed by atoms with Gasteiger partial charge in [-0.25, -0.2) is 0 Å². The molecular weight excluding hydrogens is 302 g/mol. The van der Waals surface area contributed by atoms with Crippen molar-refractivity contribution in [1.82, 2.24) is 5.32 Å². The molecule has 124 valence electrons. The van der Waals surface area contributed by atoms with E-state index in [9.17, 15) is 30.6 Å². The maximum absolute atomic E-state index is 12.5. The minimum Gasteiger partial charge on any atom is -0.805 e. The standard InChI is InChI=1S/C11H16N3O8/c12-8-13-6(17)2-4-9(19,1-15)5-3(16)10(2,14-8)7(18)11(20,21-4)22-5/h2-7,15-19H,1H2,(H3,12,13,14)/q-1/p+1. The average Bonchev–Trinajstić information content (AvgIpc) is 2.45. The average molecular weight is 319 g/mol. The van der Waals surface area contributed by atoms with Crippen LogP contribution >= 0.6 is 0 Å². The van der Waals surface area contributed by atoms with Gasteiger partial charge in [-0.15, -0.1) is 0 Å². The summed E-state index contributed by atoms with van der Waals surface area (Å²) < 4.78 is 10.1. The second-order valence-corrected chi connectivity index (χ2v) is 6.26. The largest absolute Gasteiger partial charge is 0.805 e. The molecule has 1 aliphatic carbocycles. The molecule has 5 aliphatic rings. The fourth-order valence-electron chi connectivity index (χ4n) is 4.28. The molecule has 9 N–H and O–H groups in total. The molecule has 22 heavy (non-hydrogen) atoms. The second-order valence-electron chi connectivity index (χ2n) is 6.26. The number of aliphatic hydroxyl groups is 5. The summed E-state index contributed by atoms with van der Waals surface area (Å²) in [5, 5.41) is 66.5. The van der Waals surface area contributed by atoms with Crippen LogP contribution in [-0.4, -0.2) is 85.9 Å². The van der Waals surface area contributed by atoms with Crippen LogP contribution < -0.4 is 21.1 Å². The number of nitrogens with two attached hydrogens (primary N) is 1. The molecule has 0 amide bonds. The van der Waals surface area contributed by atoms with Crippen LogP contribution in [0, 0.1) is 5.92 Å². The highest BCUT2D eigenvalue weighted by molar-refractivity contribution is 5.74. The Balaban J connectivity index is 1.95. The molecule has 4 aliphatic heterocycles. The maximum Gasteiger partial charge on any atom is 0.343 e. The molecule has 3 saturated heterocycles. The molecule has 4 heterocycles. The number of ether oxygens (including phenoxy) is 2. The second kappa shape index (κ2) is 3.88. The molecule has 11 nitrogen and oxygen atoms in total. The first kappa shape index (κ1) is 14.5. The predicted molar refractivity (Wildman–Crippen MR) is 62.0 cm³/mol. The zero-order valence-electron chi connectivity index (χ0n) is 11.2. The van der Waals surface area contributed by atoms with E-state index >= 15 is 0 Å². The summed E-state index contributed by atoms with van der Waals surface area (Å²) in [6, 6.07) is 0. The molecule has 1 saturated carbocycles. The lowest BCUT2D eigenvalue weighted by Crippen LogP contribution is -3.04. The molecule has 11 heteroatoms. The van der Waals surface area contributed by atoms with Crippen molar-refractivity contribution < 1.29 is 45.1 Å². The van der Waals surface area contributed by atoms with Crippen LogP contribution in [0.25, 0.3) is 0 Å². The Morgan fingerprint density at radius 2 is 1.91 bits per heavy atom. The molecule has 0 aromatic rings. The molecular formula is C11H17N3O8. The van der Waals surface area contributed by atoms with E-state index in [1.54, 1.807) is 0 Å². The van der Waals surface area contributed by atoms with Gasteiger partial charge in [0.05, 0.1) is 12.5 Å². The lowest BCUT2D eigenvalue weighted by atomic mass is 9.55. The zero-order valence-corrected chi connectivity index (χ0v) is 11.2. The molecule has 4 fully saturated rings. The third-order valence-electron chi connectivity index (χ3n) is 5.26. The van der Waals surface area contributed by atoms with Gasteiger partial charge in [0.25, 0.3) is 0 Å². The Kier molecular flexibility index (Phi) is 2.57. The van der Waals surface area contributed by atoms with Gasteiger partial charge >= 0.3 is 5.96 Å². The smallest absolute Gasteiger partial charge is 0.343 e.